The fourth-order valence-corrected chi connectivity index (χ4v) is 4.68. The molecule has 10 heteroatoms. The highest BCUT2D eigenvalue weighted by molar-refractivity contribution is 7.98. The number of thioether (sulfide) groups is 1. The van der Waals surface area contributed by atoms with E-state index in [0.717, 1.165) is 35.9 Å². The summed E-state index contributed by atoms with van der Waals surface area (Å²) in [6.07, 6.45) is 8.94. The Kier molecular flexibility index (Phi) is 6.17. The summed E-state index contributed by atoms with van der Waals surface area (Å²) < 4.78 is 2.17. The smallest absolute Gasteiger partial charge is 0.274 e. The molecule has 1 aliphatic rings. The average Bonchev–Trinajstić information content (AvgIpc) is 3.37. The van der Waals surface area contributed by atoms with Gasteiger partial charge in [-0.15, -0.1) is 11.3 Å². The normalized spacial score (nSPS) is 15.1. The van der Waals surface area contributed by atoms with E-state index in [-0.39, 0.29) is 11.6 Å². The number of amides is 1. The number of aromatic nitrogens is 5. The highest BCUT2D eigenvalue weighted by Crippen LogP contribution is 2.29. The Balaban J connectivity index is 1.43. The standard InChI is InChI=1S/C19H21ClN6OS2/c1-12-23-14(11-29-12)10-26-8-5-21-17(26)13-3-6-25(7-4-13)18(27)16-15(20)9-22-19(24-16)28-2/h5,8-9,11,13H,3-4,6-7,10H2,1-2H3. The van der Waals surface area contributed by atoms with Crippen LogP contribution in [0.3, 0.4) is 0 Å². The van der Waals surface area contributed by atoms with Crippen LogP contribution in [0.15, 0.2) is 29.1 Å². The molecule has 0 aliphatic carbocycles. The average molecular weight is 449 g/mol. The van der Waals surface area contributed by atoms with Crippen molar-refractivity contribution in [2.24, 2.45) is 0 Å². The maximum atomic E-state index is 12.9. The highest BCUT2D eigenvalue weighted by Gasteiger charge is 2.29. The van der Waals surface area contributed by atoms with Crippen molar-refractivity contribution < 1.29 is 4.79 Å². The van der Waals surface area contributed by atoms with Crippen LogP contribution in [-0.4, -0.2) is 54.7 Å². The third kappa shape index (κ3) is 4.46. The van der Waals surface area contributed by atoms with Crippen molar-refractivity contribution in [2.45, 2.75) is 37.4 Å². The summed E-state index contributed by atoms with van der Waals surface area (Å²) >= 11 is 9.23. The number of likely N-dealkylation sites (tertiary alicyclic amines) is 1. The largest absolute Gasteiger partial charge is 0.337 e. The van der Waals surface area contributed by atoms with Gasteiger partial charge in [-0.05, 0) is 26.0 Å². The Labute approximate surface area is 182 Å². The van der Waals surface area contributed by atoms with E-state index >= 15 is 0 Å². The van der Waals surface area contributed by atoms with Crippen LogP contribution < -0.4 is 0 Å². The summed E-state index contributed by atoms with van der Waals surface area (Å²) in [5.74, 6) is 1.25. The van der Waals surface area contributed by atoms with E-state index in [1.807, 2.05) is 30.5 Å². The number of thiazole rings is 1. The van der Waals surface area contributed by atoms with E-state index < -0.39 is 0 Å². The Hall–Kier alpha value is -1.97. The number of rotatable bonds is 5. The first-order chi connectivity index (χ1) is 14.0. The maximum absolute atomic E-state index is 12.9. The van der Waals surface area contributed by atoms with Gasteiger partial charge in [-0.1, -0.05) is 23.4 Å². The molecule has 1 fully saturated rings. The van der Waals surface area contributed by atoms with E-state index in [4.69, 9.17) is 11.6 Å². The zero-order valence-corrected chi connectivity index (χ0v) is 18.6. The van der Waals surface area contributed by atoms with Crippen molar-refractivity contribution in [3.8, 4) is 0 Å². The maximum Gasteiger partial charge on any atom is 0.274 e. The van der Waals surface area contributed by atoms with E-state index in [9.17, 15) is 4.79 Å². The number of piperidine rings is 1. The molecule has 1 saturated heterocycles. The monoisotopic (exact) mass is 448 g/mol. The molecule has 0 atom stereocenters. The lowest BCUT2D eigenvalue weighted by molar-refractivity contribution is 0.0703. The van der Waals surface area contributed by atoms with Crippen molar-refractivity contribution in [1.29, 1.82) is 0 Å². The van der Waals surface area contributed by atoms with Crippen LogP contribution in [0.1, 0.15) is 45.8 Å². The Morgan fingerprint density at radius 2 is 2.10 bits per heavy atom. The fourth-order valence-electron chi connectivity index (χ4n) is 3.56. The van der Waals surface area contributed by atoms with Crippen molar-refractivity contribution in [2.75, 3.05) is 19.3 Å². The van der Waals surface area contributed by atoms with Crippen LogP contribution in [0.25, 0.3) is 0 Å². The quantitative estimate of drug-likeness (QED) is 0.435. The molecular formula is C19H21ClN6OS2. The zero-order valence-electron chi connectivity index (χ0n) is 16.2. The van der Waals surface area contributed by atoms with Crippen LogP contribution >= 0.6 is 34.7 Å². The lowest BCUT2D eigenvalue weighted by atomic mass is 9.95. The van der Waals surface area contributed by atoms with E-state index in [1.54, 1.807) is 11.3 Å². The molecule has 7 nitrogen and oxygen atoms in total. The van der Waals surface area contributed by atoms with Gasteiger partial charge in [0.15, 0.2) is 10.9 Å². The number of imidazole rings is 1. The Morgan fingerprint density at radius 1 is 1.31 bits per heavy atom. The molecule has 0 radical (unpaired) electrons. The molecule has 152 valence electrons. The first-order valence-electron chi connectivity index (χ1n) is 9.33. The second kappa shape index (κ2) is 8.81. The lowest BCUT2D eigenvalue weighted by Crippen LogP contribution is -2.39. The van der Waals surface area contributed by atoms with Gasteiger partial charge < -0.3 is 9.47 Å². The second-order valence-electron chi connectivity index (χ2n) is 6.89. The molecule has 3 aromatic heterocycles. The summed E-state index contributed by atoms with van der Waals surface area (Å²) in [4.78, 5) is 32.3. The number of carbonyl (C=O) groups excluding carboxylic acids is 1. The molecule has 0 N–H and O–H groups in total. The summed E-state index contributed by atoms with van der Waals surface area (Å²) in [6, 6.07) is 0. The van der Waals surface area contributed by atoms with Crippen molar-refractivity contribution in [3.05, 3.63) is 51.2 Å². The SMILES string of the molecule is CSc1ncc(Cl)c(C(=O)N2CCC(c3nccn3Cc3csc(C)n3)CC2)n1. The number of nitrogens with zero attached hydrogens (tertiary/aromatic N) is 6. The molecule has 0 bridgehead atoms. The molecule has 1 aliphatic heterocycles. The summed E-state index contributed by atoms with van der Waals surface area (Å²) in [5.41, 5.74) is 1.34. The third-order valence-electron chi connectivity index (χ3n) is 5.00. The number of hydrogen-bond acceptors (Lipinski definition) is 7. The number of aryl methyl sites for hydroxylation is 1. The Bertz CT molecular complexity index is 1010. The first kappa shape index (κ1) is 20.3. The summed E-state index contributed by atoms with van der Waals surface area (Å²) in [6.45, 7) is 4.05. The van der Waals surface area contributed by atoms with Gasteiger partial charge in [-0.25, -0.2) is 19.9 Å². The zero-order chi connectivity index (χ0) is 20.4. The molecule has 0 unspecified atom stereocenters. The molecule has 3 aromatic rings. The first-order valence-corrected chi connectivity index (χ1v) is 11.8. The van der Waals surface area contributed by atoms with Crippen molar-refractivity contribution in [3.63, 3.8) is 0 Å². The number of carbonyl (C=O) groups is 1. The minimum absolute atomic E-state index is 0.132. The van der Waals surface area contributed by atoms with Crippen molar-refractivity contribution in [1.82, 2.24) is 29.4 Å². The molecule has 4 rings (SSSR count). The molecule has 0 aromatic carbocycles. The van der Waals surface area contributed by atoms with Gasteiger partial charge >= 0.3 is 0 Å². The molecular weight excluding hydrogens is 428 g/mol. The minimum atomic E-state index is -0.132. The van der Waals surface area contributed by atoms with E-state index in [0.29, 0.717) is 29.2 Å². The summed E-state index contributed by atoms with van der Waals surface area (Å²) in [5, 5.41) is 4.01. The van der Waals surface area contributed by atoms with Crippen molar-refractivity contribution >= 4 is 40.6 Å². The van der Waals surface area contributed by atoms with Crippen LogP contribution in [-0.2, 0) is 6.54 Å². The summed E-state index contributed by atoms with van der Waals surface area (Å²) in [7, 11) is 0. The van der Waals surface area contributed by atoms with Gasteiger partial charge in [-0.2, -0.15) is 0 Å². The molecule has 29 heavy (non-hydrogen) atoms. The van der Waals surface area contributed by atoms with Crippen LogP contribution in [0.5, 0.6) is 0 Å². The molecule has 0 saturated carbocycles. The third-order valence-corrected chi connectivity index (χ3v) is 6.66. The van der Waals surface area contributed by atoms with Gasteiger partial charge in [-0.3, -0.25) is 4.79 Å². The van der Waals surface area contributed by atoms with E-state index in [1.165, 1.54) is 18.0 Å². The van der Waals surface area contributed by atoms with Gasteiger partial charge in [0, 0.05) is 36.8 Å². The molecule has 4 heterocycles. The van der Waals surface area contributed by atoms with Gasteiger partial charge in [0.1, 0.15) is 5.82 Å². The van der Waals surface area contributed by atoms with Gasteiger partial charge in [0.05, 0.1) is 28.5 Å². The Morgan fingerprint density at radius 3 is 2.79 bits per heavy atom. The molecule has 1 amide bonds. The molecule has 0 spiro atoms. The lowest BCUT2D eigenvalue weighted by Gasteiger charge is -2.31. The van der Waals surface area contributed by atoms with E-state index in [2.05, 4.69) is 29.9 Å². The van der Waals surface area contributed by atoms with Crippen LogP contribution in [0, 0.1) is 6.92 Å². The predicted octanol–water partition coefficient (Wildman–Crippen LogP) is 3.88. The fraction of sp³-hybridized carbons (Fsp3) is 0.421. The van der Waals surface area contributed by atoms with Crippen LogP contribution in [0.2, 0.25) is 5.02 Å². The highest BCUT2D eigenvalue weighted by atomic mass is 35.5. The second-order valence-corrected chi connectivity index (χ2v) is 9.13. The van der Waals surface area contributed by atoms with Crippen LogP contribution in [0.4, 0.5) is 0 Å². The van der Waals surface area contributed by atoms with Gasteiger partial charge in [0.25, 0.3) is 5.91 Å². The number of halogens is 1. The predicted molar refractivity (Wildman–Crippen MR) is 115 cm³/mol. The minimum Gasteiger partial charge on any atom is -0.337 e. The number of hydrogen-bond donors (Lipinski definition) is 0. The topological polar surface area (TPSA) is 76.8 Å². The van der Waals surface area contributed by atoms with Gasteiger partial charge in [0.2, 0.25) is 0 Å².